The molecule has 2 heterocycles. The number of ether oxygens (including phenoxy) is 1. The Labute approximate surface area is 166 Å². The minimum Gasteiger partial charge on any atom is -0.499 e. The van der Waals surface area contributed by atoms with Crippen molar-refractivity contribution in [2.45, 2.75) is 53.5 Å². The van der Waals surface area contributed by atoms with E-state index in [9.17, 15) is 0 Å². The smallest absolute Gasteiger partial charge is 0.128 e. The van der Waals surface area contributed by atoms with Crippen molar-refractivity contribution in [3.05, 3.63) is 60.0 Å². The predicted octanol–water partition coefficient (Wildman–Crippen LogP) is 5.24. The molecule has 1 saturated heterocycles. The van der Waals surface area contributed by atoms with Gasteiger partial charge in [0.2, 0.25) is 0 Å². The summed E-state index contributed by atoms with van der Waals surface area (Å²) in [6.07, 6.45) is 11.7. The molecule has 1 aliphatic rings. The van der Waals surface area contributed by atoms with Crippen molar-refractivity contribution in [3.8, 4) is 0 Å². The molecule has 0 aliphatic carbocycles. The second-order valence-corrected chi connectivity index (χ2v) is 6.33. The molecule has 150 valence electrons. The predicted molar refractivity (Wildman–Crippen MR) is 117 cm³/mol. The maximum Gasteiger partial charge on any atom is 0.128 e. The van der Waals surface area contributed by atoms with Gasteiger partial charge in [-0.1, -0.05) is 32.6 Å². The number of hydrogen-bond acceptors (Lipinski definition) is 4. The Morgan fingerprint density at radius 1 is 1.26 bits per heavy atom. The first kappa shape index (κ1) is 23.0. The molecule has 0 saturated carbocycles. The van der Waals surface area contributed by atoms with Crippen LogP contribution in [0.25, 0.3) is 0 Å². The monoisotopic (exact) mass is 371 g/mol. The standard InChI is InChI=1S/C21H31N3O.C2H6/c1-4-19(10-9-18(3)25-5-2)16-22-17-20-11-12-23-21(15-20)24-13-7-6-8-14-24;1-2/h4,9-12,15,22H,1,5-8,13-14,16-17H2,2-3H3;1-2H3/b18-9+,19-10+;. The molecule has 4 nitrogen and oxygen atoms in total. The molecule has 0 bridgehead atoms. The summed E-state index contributed by atoms with van der Waals surface area (Å²) in [7, 11) is 0. The quantitative estimate of drug-likeness (QED) is 0.476. The zero-order valence-electron chi connectivity index (χ0n) is 17.6. The van der Waals surface area contributed by atoms with Crippen LogP contribution in [0, 0.1) is 0 Å². The summed E-state index contributed by atoms with van der Waals surface area (Å²) < 4.78 is 5.43. The van der Waals surface area contributed by atoms with E-state index in [1.807, 2.05) is 46.0 Å². The Morgan fingerprint density at radius 2 is 2.00 bits per heavy atom. The highest BCUT2D eigenvalue weighted by Gasteiger charge is 2.12. The zero-order valence-corrected chi connectivity index (χ0v) is 17.6. The first-order valence-corrected chi connectivity index (χ1v) is 10.3. The van der Waals surface area contributed by atoms with Crippen LogP contribution < -0.4 is 10.2 Å². The number of hydrogen-bond donors (Lipinski definition) is 1. The van der Waals surface area contributed by atoms with Gasteiger partial charge in [0.05, 0.1) is 12.4 Å². The number of aromatic nitrogens is 1. The number of pyridine rings is 1. The van der Waals surface area contributed by atoms with Crippen LogP contribution in [0.2, 0.25) is 0 Å². The van der Waals surface area contributed by atoms with Gasteiger partial charge in [0.25, 0.3) is 0 Å². The van der Waals surface area contributed by atoms with E-state index in [0.717, 1.165) is 43.3 Å². The number of allylic oxidation sites excluding steroid dienone is 3. The van der Waals surface area contributed by atoms with Crippen LogP contribution in [-0.4, -0.2) is 31.2 Å². The molecular formula is C23H37N3O. The minimum absolute atomic E-state index is 0.694. The maximum atomic E-state index is 5.43. The van der Waals surface area contributed by atoms with E-state index in [0.29, 0.717) is 6.61 Å². The van der Waals surface area contributed by atoms with Crippen LogP contribution in [-0.2, 0) is 11.3 Å². The third-order valence-electron chi connectivity index (χ3n) is 4.31. The highest BCUT2D eigenvalue weighted by molar-refractivity contribution is 5.41. The minimum atomic E-state index is 0.694. The molecule has 1 aliphatic heterocycles. The Bertz CT molecular complexity index is 601. The first-order valence-electron chi connectivity index (χ1n) is 10.3. The van der Waals surface area contributed by atoms with Crippen LogP contribution in [0.5, 0.6) is 0 Å². The largest absolute Gasteiger partial charge is 0.499 e. The average Bonchev–Trinajstić information content (AvgIpc) is 2.73. The Morgan fingerprint density at radius 3 is 2.67 bits per heavy atom. The number of piperidine rings is 1. The number of rotatable bonds is 9. The molecule has 1 fully saturated rings. The topological polar surface area (TPSA) is 37.4 Å². The van der Waals surface area contributed by atoms with E-state index in [-0.39, 0.29) is 0 Å². The van der Waals surface area contributed by atoms with E-state index in [1.165, 1.54) is 24.8 Å². The van der Waals surface area contributed by atoms with Gasteiger partial charge in [-0.2, -0.15) is 0 Å². The lowest BCUT2D eigenvalue weighted by molar-refractivity contribution is 0.231. The lowest BCUT2D eigenvalue weighted by atomic mass is 10.1. The summed E-state index contributed by atoms with van der Waals surface area (Å²) in [6.45, 7) is 16.4. The fraction of sp³-hybridized carbons (Fsp3) is 0.522. The highest BCUT2D eigenvalue weighted by Crippen LogP contribution is 2.18. The van der Waals surface area contributed by atoms with Gasteiger partial charge in [-0.3, -0.25) is 0 Å². The van der Waals surface area contributed by atoms with E-state index in [2.05, 4.69) is 40.0 Å². The maximum absolute atomic E-state index is 5.43. The summed E-state index contributed by atoms with van der Waals surface area (Å²) in [5.74, 6) is 2.02. The average molecular weight is 372 g/mol. The second kappa shape index (κ2) is 14.0. The molecule has 1 aromatic rings. The molecule has 4 heteroatoms. The van der Waals surface area contributed by atoms with Gasteiger partial charge in [0.15, 0.2) is 0 Å². The van der Waals surface area contributed by atoms with Crippen molar-refractivity contribution in [2.75, 3.05) is 31.1 Å². The molecule has 0 amide bonds. The fourth-order valence-electron chi connectivity index (χ4n) is 2.92. The molecule has 2 rings (SSSR count). The number of nitrogens with zero attached hydrogens (tertiary/aromatic N) is 2. The lowest BCUT2D eigenvalue weighted by Gasteiger charge is -2.27. The molecular weight excluding hydrogens is 334 g/mol. The summed E-state index contributed by atoms with van der Waals surface area (Å²) in [4.78, 5) is 6.93. The molecule has 1 aromatic heterocycles. The normalized spacial score (nSPS) is 15.0. The van der Waals surface area contributed by atoms with Crippen molar-refractivity contribution in [1.29, 1.82) is 0 Å². The molecule has 0 unspecified atom stereocenters. The van der Waals surface area contributed by atoms with Crippen LogP contribution >= 0.6 is 0 Å². The number of anilines is 1. The first-order chi connectivity index (χ1) is 13.2. The molecule has 0 spiro atoms. The summed E-state index contributed by atoms with van der Waals surface area (Å²) in [5.41, 5.74) is 2.41. The molecule has 0 atom stereocenters. The Hall–Kier alpha value is -2.07. The van der Waals surface area contributed by atoms with Gasteiger partial charge in [-0.15, -0.1) is 0 Å². The summed E-state index contributed by atoms with van der Waals surface area (Å²) in [6, 6.07) is 4.28. The van der Waals surface area contributed by atoms with Crippen molar-refractivity contribution in [1.82, 2.24) is 10.3 Å². The highest BCUT2D eigenvalue weighted by atomic mass is 16.5. The van der Waals surface area contributed by atoms with Gasteiger partial charge in [-0.25, -0.2) is 4.98 Å². The zero-order chi connectivity index (χ0) is 19.9. The van der Waals surface area contributed by atoms with E-state index < -0.39 is 0 Å². The summed E-state index contributed by atoms with van der Waals surface area (Å²) in [5, 5.41) is 3.48. The second-order valence-electron chi connectivity index (χ2n) is 6.33. The van der Waals surface area contributed by atoms with Gasteiger partial charge < -0.3 is 15.0 Å². The van der Waals surface area contributed by atoms with Gasteiger partial charge in [-0.05, 0) is 62.5 Å². The fourth-order valence-corrected chi connectivity index (χ4v) is 2.92. The van der Waals surface area contributed by atoms with Crippen LogP contribution in [0.3, 0.4) is 0 Å². The SMILES string of the molecule is C=C/C(=C\C=C(/C)OCC)CNCc1ccnc(N2CCCCC2)c1.CC. The Balaban J connectivity index is 0.00000176. The van der Waals surface area contributed by atoms with Crippen molar-refractivity contribution >= 4 is 5.82 Å². The van der Waals surface area contributed by atoms with Gasteiger partial charge in [0.1, 0.15) is 5.82 Å². The number of nitrogens with one attached hydrogen (secondary N) is 1. The van der Waals surface area contributed by atoms with Crippen LogP contribution in [0.15, 0.2) is 54.5 Å². The van der Waals surface area contributed by atoms with E-state index in [1.54, 1.807) is 0 Å². The molecule has 0 radical (unpaired) electrons. The van der Waals surface area contributed by atoms with Crippen LogP contribution in [0.4, 0.5) is 5.82 Å². The van der Waals surface area contributed by atoms with E-state index in [4.69, 9.17) is 4.74 Å². The van der Waals surface area contributed by atoms with Crippen molar-refractivity contribution in [3.63, 3.8) is 0 Å². The molecule has 27 heavy (non-hydrogen) atoms. The van der Waals surface area contributed by atoms with Gasteiger partial charge >= 0.3 is 0 Å². The van der Waals surface area contributed by atoms with Crippen molar-refractivity contribution < 1.29 is 4.74 Å². The van der Waals surface area contributed by atoms with Gasteiger partial charge in [0, 0.05) is 32.4 Å². The molecule has 1 N–H and O–H groups in total. The van der Waals surface area contributed by atoms with Crippen LogP contribution in [0.1, 0.15) is 52.5 Å². The third-order valence-corrected chi connectivity index (χ3v) is 4.31. The third kappa shape index (κ3) is 8.91. The van der Waals surface area contributed by atoms with E-state index >= 15 is 0 Å². The Kier molecular flexibility index (Phi) is 11.9. The lowest BCUT2D eigenvalue weighted by Crippen LogP contribution is -2.30. The summed E-state index contributed by atoms with van der Waals surface area (Å²) >= 11 is 0. The van der Waals surface area contributed by atoms with Crippen molar-refractivity contribution in [2.24, 2.45) is 0 Å². The molecule has 0 aromatic carbocycles.